The van der Waals surface area contributed by atoms with Gasteiger partial charge in [-0.15, -0.1) is 0 Å². The van der Waals surface area contributed by atoms with Crippen molar-refractivity contribution in [1.29, 1.82) is 0 Å². The van der Waals surface area contributed by atoms with Crippen LogP contribution in [0.15, 0.2) is 172 Å². The van der Waals surface area contributed by atoms with Crippen LogP contribution in [0.3, 0.4) is 0 Å². The van der Waals surface area contributed by atoms with Gasteiger partial charge in [-0.2, -0.15) is 0 Å². The van der Waals surface area contributed by atoms with Gasteiger partial charge in [-0.1, -0.05) is 32.0 Å². The summed E-state index contributed by atoms with van der Waals surface area (Å²) in [4.78, 5) is 115. The lowest BCUT2D eigenvalue weighted by Gasteiger charge is -2.12. The van der Waals surface area contributed by atoms with Gasteiger partial charge in [-0.3, -0.25) is 39.3 Å². The molecule has 13 N–H and O–H groups in total. The molecule has 11 heterocycles. The topological polar surface area (TPSA) is 496 Å². The molecule has 99 heavy (non-hydrogen) atoms. The molecule has 0 bridgehead atoms. The standard InChI is InChI=1S/C21H19N7O4.C14H11N5O4.C9H11NO2.C8H10N2O2.C8H11NO.C7H10N2O/c1-28-10-12(4-5-15(28)30)16-17(21-24-7-8-32-21)27-19(22)18(26-16)20(31)25-9-14-13(11-29)3-2-6-23-14;1-19-6-7(2-3-8(19)20)9-10(13-16-4-5-23-13)18-12(15)11(17-9)14(21)22;1-3-8-7(9(11)12-2)5-4-6-10-8;1-12-8(11)6-3-2-4-10-7(6)5-9;1-2-8-7(6-10)4-3-5-9-8;8-4-7-6(5-10)2-1-3-9-7/h2-8,10,29H,9,11H2,1H3,(H2,22,27)(H,25,31);2-6H,1H3,(H2,15,18)(H,21,22);4-6H,3H2,1-2H3;2-4H,5,9H2,1H3;3-5,10H,2,6H2,1H3;1-3,10H,4-5,8H2. The van der Waals surface area contributed by atoms with Gasteiger partial charge in [0.15, 0.2) is 34.4 Å². The number of carboxylic acids is 1. The van der Waals surface area contributed by atoms with Gasteiger partial charge in [0.1, 0.15) is 23.9 Å². The lowest BCUT2D eigenvalue weighted by molar-refractivity contribution is 0.0590. The Morgan fingerprint density at radius 2 is 0.889 bits per heavy atom. The summed E-state index contributed by atoms with van der Waals surface area (Å²) in [5, 5.41) is 38.9. The van der Waals surface area contributed by atoms with Crippen molar-refractivity contribution in [3.8, 4) is 45.7 Å². The highest BCUT2D eigenvalue weighted by Crippen LogP contribution is 2.31. The Balaban J connectivity index is 0.000000201. The molecule has 0 aromatic carbocycles. The average molecular weight is 1350 g/mol. The first-order valence-electron chi connectivity index (χ1n) is 29.9. The highest BCUT2D eigenvalue weighted by molar-refractivity contribution is 5.98. The lowest BCUT2D eigenvalue weighted by atomic mass is 10.1. The van der Waals surface area contributed by atoms with E-state index in [9.17, 15) is 39.0 Å². The van der Waals surface area contributed by atoms with Crippen LogP contribution < -0.4 is 39.4 Å². The van der Waals surface area contributed by atoms with Gasteiger partial charge in [0, 0.05) is 111 Å². The minimum absolute atomic E-state index is 0.0143. The maximum Gasteiger partial charge on any atom is 0.358 e. The molecule has 32 heteroatoms. The van der Waals surface area contributed by atoms with Crippen molar-refractivity contribution in [3.63, 3.8) is 0 Å². The Bertz CT molecular complexity index is 4450. The number of pyridine rings is 7. The first kappa shape index (κ1) is 75.5. The number of ether oxygens (including phenoxy) is 2. The number of nitrogens with one attached hydrogen (secondary N) is 1. The molecule has 1 amide bonds. The van der Waals surface area contributed by atoms with Crippen LogP contribution in [0.1, 0.15) is 101 Å². The van der Waals surface area contributed by atoms with Gasteiger partial charge < -0.3 is 76.1 Å². The number of aliphatic hydroxyl groups excluding tert-OH is 3. The number of nitrogens with two attached hydrogens (primary N) is 4. The van der Waals surface area contributed by atoms with Gasteiger partial charge >= 0.3 is 17.9 Å². The number of nitrogens with zero attached hydrogens (tertiary/aromatic N) is 13. The van der Waals surface area contributed by atoms with E-state index in [-0.39, 0.29) is 108 Å². The molecule has 0 saturated carbocycles. The molecular weight excluding hydrogens is 1280 g/mol. The number of aliphatic hydroxyl groups is 3. The minimum Gasteiger partial charge on any atom is -0.476 e. The van der Waals surface area contributed by atoms with Crippen molar-refractivity contribution in [1.82, 2.24) is 69.3 Å². The van der Waals surface area contributed by atoms with Crippen LogP contribution in [0.2, 0.25) is 0 Å². The maximum absolute atomic E-state index is 12.9. The number of hydrogen-bond donors (Lipinski definition) is 9. The zero-order valence-electron chi connectivity index (χ0n) is 54.6. The third kappa shape index (κ3) is 20.8. The van der Waals surface area contributed by atoms with Crippen molar-refractivity contribution in [3.05, 3.63) is 242 Å². The van der Waals surface area contributed by atoms with Crippen molar-refractivity contribution >= 4 is 35.5 Å². The number of carboxylic acid groups (broad SMARTS) is 1. The summed E-state index contributed by atoms with van der Waals surface area (Å²) < 4.78 is 22.4. The first-order valence-corrected chi connectivity index (χ1v) is 29.9. The molecule has 0 aliphatic carbocycles. The van der Waals surface area contributed by atoms with Crippen molar-refractivity contribution in [2.45, 2.75) is 66.1 Å². The predicted octanol–water partition coefficient (Wildman–Crippen LogP) is 4.60. The van der Waals surface area contributed by atoms with Crippen molar-refractivity contribution in [2.24, 2.45) is 25.6 Å². The summed E-state index contributed by atoms with van der Waals surface area (Å²) in [7, 11) is 5.87. The molecule has 11 aromatic rings. The first-order chi connectivity index (χ1) is 47.8. The minimum atomic E-state index is -1.31. The van der Waals surface area contributed by atoms with Crippen LogP contribution in [-0.2, 0) is 75.9 Å². The molecule has 0 unspecified atom stereocenters. The van der Waals surface area contributed by atoms with Gasteiger partial charge in [0.2, 0.25) is 22.9 Å². The number of aromatic carboxylic acids is 1. The Morgan fingerprint density at radius 3 is 1.28 bits per heavy atom. The molecule has 514 valence electrons. The number of aryl methyl sites for hydroxylation is 4. The molecule has 0 aliphatic heterocycles. The molecule has 0 saturated heterocycles. The van der Waals surface area contributed by atoms with E-state index in [4.69, 9.17) is 42.0 Å². The largest absolute Gasteiger partial charge is 0.476 e. The Kier molecular flexibility index (Phi) is 29.1. The monoisotopic (exact) mass is 1350 g/mol. The van der Waals surface area contributed by atoms with E-state index in [1.165, 1.54) is 72.7 Å². The zero-order valence-corrected chi connectivity index (χ0v) is 54.6. The predicted molar refractivity (Wildman–Crippen MR) is 360 cm³/mol. The van der Waals surface area contributed by atoms with Crippen LogP contribution in [0, 0.1) is 0 Å². The number of esters is 2. The van der Waals surface area contributed by atoms with Gasteiger partial charge in [0.25, 0.3) is 5.91 Å². The smallest absolute Gasteiger partial charge is 0.358 e. The Morgan fingerprint density at radius 1 is 0.495 bits per heavy atom. The van der Waals surface area contributed by atoms with Crippen LogP contribution in [0.4, 0.5) is 11.6 Å². The number of amides is 1. The zero-order chi connectivity index (χ0) is 72.0. The third-order valence-corrected chi connectivity index (χ3v) is 13.8. The highest BCUT2D eigenvalue weighted by Gasteiger charge is 2.24. The number of methoxy groups -OCH3 is 2. The number of rotatable bonds is 17. The third-order valence-electron chi connectivity index (χ3n) is 13.8. The van der Waals surface area contributed by atoms with Gasteiger partial charge in [0.05, 0.1) is 86.9 Å². The van der Waals surface area contributed by atoms with Gasteiger partial charge in [-0.25, -0.2) is 44.3 Å². The second-order valence-electron chi connectivity index (χ2n) is 20.1. The normalized spacial score (nSPS) is 10.3. The average Bonchev–Trinajstić information content (AvgIpc) is 1.72. The van der Waals surface area contributed by atoms with E-state index in [1.807, 2.05) is 32.0 Å². The Labute approximate surface area is 565 Å². The van der Waals surface area contributed by atoms with Crippen molar-refractivity contribution < 1.29 is 57.9 Å². The highest BCUT2D eigenvalue weighted by atomic mass is 16.5. The SMILES string of the molecule is CCc1ncccc1C(=O)OC.CCc1ncccc1CO.COC(=O)c1cccnc1CN.Cn1cc(-c2nc(C(=O)NCc3ncccc3CO)c(N)nc2-c2ncco2)ccc1=O.Cn1cc(-c2nc(C(=O)O)c(N)nc2-c2ncco2)ccc1=O.NCc1ncccc1CO. The van der Waals surface area contributed by atoms with E-state index in [0.717, 1.165) is 41.1 Å². The molecule has 32 nitrogen and oxygen atoms in total. The molecule has 11 rings (SSSR count). The van der Waals surface area contributed by atoms with E-state index >= 15 is 0 Å². The summed E-state index contributed by atoms with van der Waals surface area (Å²) >= 11 is 0. The molecular formula is C67H72N18O14. The second kappa shape index (κ2) is 38.2. The quantitative estimate of drug-likeness (QED) is 0.0562. The fourth-order valence-electron chi connectivity index (χ4n) is 8.74. The molecule has 11 aromatic heterocycles. The van der Waals surface area contributed by atoms with E-state index in [2.05, 4.69) is 69.6 Å². The van der Waals surface area contributed by atoms with Crippen LogP contribution in [0.25, 0.3) is 45.7 Å². The number of hydrogen-bond acceptors (Lipinski definition) is 28. The lowest BCUT2D eigenvalue weighted by Crippen LogP contribution is -2.27. The summed E-state index contributed by atoms with van der Waals surface area (Å²) in [5.41, 5.74) is 30.4. The summed E-state index contributed by atoms with van der Waals surface area (Å²) in [6, 6.07) is 23.3. The van der Waals surface area contributed by atoms with Crippen molar-refractivity contribution in [2.75, 3.05) is 25.7 Å². The molecule has 0 aliphatic rings. The van der Waals surface area contributed by atoms with Crippen LogP contribution >= 0.6 is 0 Å². The number of aromatic nitrogens is 13. The Hall–Kier alpha value is -12.5. The van der Waals surface area contributed by atoms with E-state index in [0.29, 0.717) is 45.7 Å². The fourth-order valence-corrected chi connectivity index (χ4v) is 8.74. The maximum atomic E-state index is 12.9. The molecule has 0 radical (unpaired) electrons. The summed E-state index contributed by atoms with van der Waals surface area (Å²) in [6.07, 6.45) is 18.6. The number of anilines is 2. The second-order valence-corrected chi connectivity index (χ2v) is 20.1. The van der Waals surface area contributed by atoms with Crippen LogP contribution in [0.5, 0.6) is 0 Å². The summed E-state index contributed by atoms with van der Waals surface area (Å²) in [5.74, 6) is -2.66. The molecule has 0 atom stereocenters. The van der Waals surface area contributed by atoms with E-state index in [1.54, 1.807) is 99.8 Å². The number of oxazole rings is 2. The van der Waals surface area contributed by atoms with Crippen LogP contribution in [-0.4, -0.2) is 122 Å². The number of carbonyl (C=O) groups is 4. The van der Waals surface area contributed by atoms with E-state index < -0.39 is 17.8 Å². The summed E-state index contributed by atoms with van der Waals surface area (Å²) in [6.45, 7) is 4.58. The van der Waals surface area contributed by atoms with Gasteiger partial charge in [-0.05, 0) is 73.0 Å². The molecule has 0 spiro atoms. The number of carbonyl (C=O) groups excluding carboxylic acids is 3. The molecule has 0 fully saturated rings. The fraction of sp³-hybridized carbons (Fsp3) is 0.209. The number of nitrogen functional groups attached to an aromatic ring is 2.